The Morgan fingerprint density at radius 3 is 2.88 bits per heavy atom. The fourth-order valence-electron chi connectivity index (χ4n) is 2.43. The molecule has 1 heterocycles. The molecular weight excluding hydrogens is 335 g/mol. The molecule has 0 atom stereocenters. The van der Waals surface area contributed by atoms with Crippen molar-refractivity contribution in [3.63, 3.8) is 0 Å². The molecule has 0 amide bonds. The fourth-order valence-corrected chi connectivity index (χ4v) is 2.43. The highest BCUT2D eigenvalue weighted by Gasteiger charge is 2.07. The number of nitrogens with zero attached hydrogens (tertiary/aromatic N) is 5. The summed E-state index contributed by atoms with van der Waals surface area (Å²) in [5, 5.41) is 11.3. The molecule has 1 N–H and O–H groups in total. The van der Waals surface area contributed by atoms with Crippen LogP contribution in [0.15, 0.2) is 35.6 Å². The average Bonchev–Trinajstić information content (AvgIpc) is 3.10. The first-order valence-electron chi connectivity index (χ1n) is 8.89. The van der Waals surface area contributed by atoms with Gasteiger partial charge < -0.3 is 19.5 Å². The number of benzene rings is 1. The van der Waals surface area contributed by atoms with Gasteiger partial charge in [-0.15, -0.1) is 10.2 Å². The van der Waals surface area contributed by atoms with Crippen LogP contribution in [-0.4, -0.2) is 58.9 Å². The number of halogens is 1. The maximum absolute atomic E-state index is 13.6. The standard InChI is InChI=1S/C18H27FN6O/c1-4-17-23-22-14-25(17)11-10-21-18(20-5-2)24(3)12-13-26-16-9-7-6-8-15(16)19/h6-9,14H,4-5,10-13H2,1-3H3,(H,20,21). The van der Waals surface area contributed by atoms with Crippen molar-refractivity contribution in [3.05, 3.63) is 42.2 Å². The second kappa shape index (κ2) is 10.4. The fraction of sp³-hybridized carbons (Fsp3) is 0.500. The van der Waals surface area contributed by atoms with E-state index in [-0.39, 0.29) is 11.6 Å². The van der Waals surface area contributed by atoms with Gasteiger partial charge in [0.25, 0.3) is 0 Å². The summed E-state index contributed by atoms with van der Waals surface area (Å²) in [6.07, 6.45) is 2.57. The lowest BCUT2D eigenvalue weighted by Crippen LogP contribution is -2.41. The van der Waals surface area contributed by atoms with Crippen molar-refractivity contribution in [2.75, 3.05) is 33.3 Å². The minimum atomic E-state index is -0.351. The molecule has 0 spiro atoms. The van der Waals surface area contributed by atoms with E-state index in [1.54, 1.807) is 24.5 Å². The van der Waals surface area contributed by atoms with Crippen LogP contribution >= 0.6 is 0 Å². The van der Waals surface area contributed by atoms with E-state index in [2.05, 4.69) is 27.4 Å². The maximum Gasteiger partial charge on any atom is 0.193 e. The van der Waals surface area contributed by atoms with Gasteiger partial charge in [-0.3, -0.25) is 4.99 Å². The van der Waals surface area contributed by atoms with Crippen LogP contribution in [0.1, 0.15) is 19.7 Å². The molecule has 0 bridgehead atoms. The van der Waals surface area contributed by atoms with Gasteiger partial charge in [-0.05, 0) is 19.1 Å². The monoisotopic (exact) mass is 362 g/mol. The number of guanidine groups is 1. The highest BCUT2D eigenvalue weighted by molar-refractivity contribution is 5.79. The first-order valence-corrected chi connectivity index (χ1v) is 8.89. The van der Waals surface area contributed by atoms with Crippen LogP contribution in [0.4, 0.5) is 4.39 Å². The van der Waals surface area contributed by atoms with E-state index < -0.39 is 0 Å². The Kier molecular flexibility index (Phi) is 7.85. The summed E-state index contributed by atoms with van der Waals surface area (Å²) in [5.74, 6) is 1.66. The summed E-state index contributed by atoms with van der Waals surface area (Å²) in [5.41, 5.74) is 0. The molecule has 142 valence electrons. The van der Waals surface area contributed by atoms with Gasteiger partial charge in [0.1, 0.15) is 18.8 Å². The quantitative estimate of drug-likeness (QED) is 0.546. The second-order valence-electron chi connectivity index (χ2n) is 5.73. The number of hydrogen-bond acceptors (Lipinski definition) is 4. The third-order valence-electron chi connectivity index (χ3n) is 3.83. The summed E-state index contributed by atoms with van der Waals surface area (Å²) >= 11 is 0. The molecule has 0 aliphatic rings. The van der Waals surface area contributed by atoms with Crippen LogP contribution in [-0.2, 0) is 13.0 Å². The van der Waals surface area contributed by atoms with Gasteiger partial charge in [-0.1, -0.05) is 19.1 Å². The lowest BCUT2D eigenvalue weighted by molar-refractivity contribution is 0.270. The van der Waals surface area contributed by atoms with Gasteiger partial charge in [-0.25, -0.2) is 4.39 Å². The van der Waals surface area contributed by atoms with E-state index in [0.717, 1.165) is 31.3 Å². The number of para-hydroxylation sites is 1. The lowest BCUT2D eigenvalue weighted by atomic mass is 10.3. The van der Waals surface area contributed by atoms with Crippen LogP contribution in [0.5, 0.6) is 5.75 Å². The van der Waals surface area contributed by atoms with E-state index >= 15 is 0 Å². The van der Waals surface area contributed by atoms with Crippen molar-refractivity contribution in [1.29, 1.82) is 0 Å². The Balaban J connectivity index is 1.85. The molecule has 2 aromatic rings. The molecule has 0 fully saturated rings. The van der Waals surface area contributed by atoms with E-state index in [4.69, 9.17) is 4.74 Å². The van der Waals surface area contributed by atoms with Crippen LogP contribution < -0.4 is 10.1 Å². The Bertz CT molecular complexity index is 702. The number of rotatable bonds is 9. The minimum absolute atomic E-state index is 0.266. The summed E-state index contributed by atoms with van der Waals surface area (Å²) < 4.78 is 21.1. The van der Waals surface area contributed by atoms with E-state index in [1.165, 1.54) is 6.07 Å². The van der Waals surface area contributed by atoms with Crippen LogP contribution in [0, 0.1) is 5.82 Å². The smallest absolute Gasteiger partial charge is 0.193 e. The van der Waals surface area contributed by atoms with Gasteiger partial charge in [0.15, 0.2) is 17.5 Å². The molecule has 2 rings (SSSR count). The van der Waals surface area contributed by atoms with E-state index in [1.807, 2.05) is 23.4 Å². The first kappa shape index (κ1) is 19.7. The molecule has 0 unspecified atom stereocenters. The largest absolute Gasteiger partial charge is 0.489 e. The van der Waals surface area contributed by atoms with Crippen molar-refractivity contribution in [2.24, 2.45) is 4.99 Å². The number of likely N-dealkylation sites (N-methyl/N-ethyl adjacent to an activating group) is 1. The van der Waals surface area contributed by atoms with Gasteiger partial charge in [-0.2, -0.15) is 0 Å². The van der Waals surface area contributed by atoms with Crippen LogP contribution in [0.2, 0.25) is 0 Å². The highest BCUT2D eigenvalue weighted by Crippen LogP contribution is 2.14. The molecule has 0 aliphatic carbocycles. The molecule has 0 saturated carbocycles. The van der Waals surface area contributed by atoms with Crippen molar-refractivity contribution >= 4 is 5.96 Å². The summed E-state index contributed by atoms with van der Waals surface area (Å²) in [6, 6.07) is 6.41. The topological polar surface area (TPSA) is 67.6 Å². The van der Waals surface area contributed by atoms with Crippen molar-refractivity contribution in [2.45, 2.75) is 26.8 Å². The van der Waals surface area contributed by atoms with Gasteiger partial charge >= 0.3 is 0 Å². The molecule has 0 radical (unpaired) electrons. The summed E-state index contributed by atoms with van der Waals surface area (Å²) in [6.45, 7) is 7.15. The zero-order valence-corrected chi connectivity index (χ0v) is 15.7. The molecule has 1 aromatic heterocycles. The van der Waals surface area contributed by atoms with Crippen LogP contribution in [0.3, 0.4) is 0 Å². The van der Waals surface area contributed by atoms with Crippen LogP contribution in [0.25, 0.3) is 0 Å². The molecule has 26 heavy (non-hydrogen) atoms. The Morgan fingerprint density at radius 1 is 1.35 bits per heavy atom. The molecule has 8 heteroatoms. The second-order valence-corrected chi connectivity index (χ2v) is 5.73. The average molecular weight is 362 g/mol. The number of aliphatic imine (C=N–C) groups is 1. The van der Waals surface area contributed by atoms with Gasteiger partial charge in [0, 0.05) is 26.6 Å². The van der Waals surface area contributed by atoms with E-state index in [0.29, 0.717) is 19.7 Å². The van der Waals surface area contributed by atoms with Crippen molar-refractivity contribution in [1.82, 2.24) is 25.0 Å². The molecule has 0 saturated heterocycles. The molecule has 7 nitrogen and oxygen atoms in total. The zero-order chi connectivity index (χ0) is 18.8. The summed E-state index contributed by atoms with van der Waals surface area (Å²) in [7, 11) is 1.93. The number of nitrogens with one attached hydrogen (secondary N) is 1. The third-order valence-corrected chi connectivity index (χ3v) is 3.83. The normalized spacial score (nSPS) is 11.5. The predicted molar refractivity (Wildman–Crippen MR) is 99.9 cm³/mol. The van der Waals surface area contributed by atoms with Gasteiger partial charge in [0.2, 0.25) is 0 Å². The zero-order valence-electron chi connectivity index (χ0n) is 15.7. The molecular formula is C18H27FN6O. The van der Waals surface area contributed by atoms with Gasteiger partial charge in [0.05, 0.1) is 13.1 Å². The number of ether oxygens (including phenoxy) is 1. The SMILES string of the molecule is CCNC(=NCCn1cnnc1CC)N(C)CCOc1ccccc1F. The number of aryl methyl sites for hydroxylation is 1. The lowest BCUT2D eigenvalue weighted by Gasteiger charge is -2.22. The highest BCUT2D eigenvalue weighted by atomic mass is 19.1. The van der Waals surface area contributed by atoms with Crippen molar-refractivity contribution in [3.8, 4) is 5.75 Å². The molecule has 0 aliphatic heterocycles. The Morgan fingerprint density at radius 2 is 2.15 bits per heavy atom. The maximum atomic E-state index is 13.6. The number of hydrogen-bond donors (Lipinski definition) is 1. The Labute approximate surface area is 153 Å². The predicted octanol–water partition coefficient (Wildman–Crippen LogP) is 1.96. The number of aromatic nitrogens is 3. The third kappa shape index (κ3) is 5.72. The summed E-state index contributed by atoms with van der Waals surface area (Å²) in [4.78, 5) is 6.60. The molecule has 1 aromatic carbocycles. The minimum Gasteiger partial charge on any atom is -0.489 e. The first-order chi connectivity index (χ1) is 12.7. The van der Waals surface area contributed by atoms with E-state index in [9.17, 15) is 4.39 Å². The van der Waals surface area contributed by atoms with Crippen molar-refractivity contribution < 1.29 is 9.13 Å². The Hall–Kier alpha value is -2.64.